The second-order valence-electron chi connectivity index (χ2n) is 5.67. The lowest BCUT2D eigenvalue weighted by molar-refractivity contribution is 0.129. The third kappa shape index (κ3) is 3.21. The Morgan fingerprint density at radius 3 is 2.56 bits per heavy atom. The molecule has 2 aliphatic rings. The summed E-state index contributed by atoms with van der Waals surface area (Å²) in [6.45, 7) is 3.39. The fourth-order valence-electron chi connectivity index (χ4n) is 3.02. The van der Waals surface area contributed by atoms with Crippen LogP contribution in [-0.4, -0.2) is 29.4 Å². The Balaban J connectivity index is 1.87. The van der Waals surface area contributed by atoms with Crippen LogP contribution < -0.4 is 5.73 Å². The molecule has 3 N–H and O–H groups in total. The predicted molar refractivity (Wildman–Crippen MR) is 67.7 cm³/mol. The van der Waals surface area contributed by atoms with Crippen molar-refractivity contribution in [1.82, 2.24) is 4.90 Å². The second kappa shape index (κ2) is 5.17. The first kappa shape index (κ1) is 11.9. The van der Waals surface area contributed by atoms with Gasteiger partial charge in [-0.05, 0) is 31.6 Å². The summed E-state index contributed by atoms with van der Waals surface area (Å²) >= 11 is 0. The van der Waals surface area contributed by atoms with Gasteiger partial charge in [-0.2, -0.15) is 0 Å². The van der Waals surface area contributed by atoms with Crippen LogP contribution in [0, 0.1) is 11.3 Å². The Hall–Kier alpha value is -0.570. The van der Waals surface area contributed by atoms with Gasteiger partial charge in [0.2, 0.25) is 0 Å². The lowest BCUT2D eigenvalue weighted by atomic mass is 9.86. The molecule has 0 aromatic heterocycles. The van der Waals surface area contributed by atoms with E-state index in [0.717, 1.165) is 31.0 Å². The van der Waals surface area contributed by atoms with Crippen LogP contribution >= 0.6 is 0 Å². The molecule has 2 unspecified atom stereocenters. The molecule has 0 aromatic rings. The average Bonchev–Trinajstić information content (AvgIpc) is 3.02. The third-order valence-corrected chi connectivity index (χ3v) is 4.03. The van der Waals surface area contributed by atoms with Crippen LogP contribution in [0.25, 0.3) is 0 Å². The first-order chi connectivity index (χ1) is 7.66. The molecule has 3 nitrogen and oxygen atoms in total. The van der Waals surface area contributed by atoms with Crippen LogP contribution in [0.5, 0.6) is 0 Å². The Morgan fingerprint density at radius 1 is 1.25 bits per heavy atom. The van der Waals surface area contributed by atoms with E-state index in [9.17, 15) is 0 Å². The van der Waals surface area contributed by atoms with E-state index in [2.05, 4.69) is 11.8 Å². The van der Waals surface area contributed by atoms with Crippen molar-refractivity contribution in [2.24, 2.45) is 11.7 Å². The molecule has 0 aromatic carbocycles. The summed E-state index contributed by atoms with van der Waals surface area (Å²) in [6, 6.07) is 1.59. The molecule has 0 bridgehead atoms. The van der Waals surface area contributed by atoms with Crippen LogP contribution in [0.4, 0.5) is 0 Å². The first-order valence-electron chi connectivity index (χ1n) is 6.75. The zero-order valence-corrected chi connectivity index (χ0v) is 10.4. The van der Waals surface area contributed by atoms with Gasteiger partial charge in [0.05, 0.1) is 5.84 Å². The summed E-state index contributed by atoms with van der Waals surface area (Å²) in [5, 5.41) is 7.35. The summed E-state index contributed by atoms with van der Waals surface area (Å²) in [6.07, 6.45) is 8.98. The Bertz CT molecular complexity index is 248. The highest BCUT2D eigenvalue weighted by atomic mass is 15.2. The van der Waals surface area contributed by atoms with E-state index in [1.165, 1.54) is 38.5 Å². The molecular formula is C13H25N3. The van der Waals surface area contributed by atoms with Gasteiger partial charge in [0, 0.05) is 25.0 Å². The highest BCUT2D eigenvalue weighted by molar-refractivity contribution is 5.76. The lowest BCUT2D eigenvalue weighted by Gasteiger charge is -2.36. The molecule has 0 amide bonds. The average molecular weight is 223 g/mol. The first-order valence-corrected chi connectivity index (χ1v) is 6.75. The van der Waals surface area contributed by atoms with E-state index in [1.54, 1.807) is 0 Å². The van der Waals surface area contributed by atoms with E-state index in [0.29, 0.717) is 5.84 Å². The Morgan fingerprint density at radius 2 is 2.00 bits per heavy atom. The van der Waals surface area contributed by atoms with Crippen molar-refractivity contribution >= 4 is 5.84 Å². The predicted octanol–water partition coefficient (Wildman–Crippen LogP) is 2.36. The van der Waals surface area contributed by atoms with Gasteiger partial charge in [-0.3, -0.25) is 10.3 Å². The maximum atomic E-state index is 7.35. The highest BCUT2D eigenvalue weighted by Crippen LogP contribution is 2.35. The summed E-state index contributed by atoms with van der Waals surface area (Å²) in [5.41, 5.74) is 5.47. The maximum Gasteiger partial charge on any atom is 0.0918 e. The monoisotopic (exact) mass is 223 g/mol. The summed E-state index contributed by atoms with van der Waals surface area (Å²) in [5.74, 6) is 1.23. The van der Waals surface area contributed by atoms with E-state index < -0.39 is 0 Å². The van der Waals surface area contributed by atoms with Gasteiger partial charge >= 0.3 is 0 Å². The van der Waals surface area contributed by atoms with Crippen LogP contribution in [0.3, 0.4) is 0 Å². The van der Waals surface area contributed by atoms with E-state index >= 15 is 0 Å². The minimum Gasteiger partial charge on any atom is -0.388 e. The standard InChI is InChI=1S/C13H25N3/c1-10-3-2-4-12(9-10)16(11-5-6-11)8-7-13(14)15/h10-12H,2-9H2,1H3,(H3,14,15). The molecule has 0 spiro atoms. The molecule has 0 aliphatic heterocycles. The van der Waals surface area contributed by atoms with Crippen LogP contribution in [0.2, 0.25) is 0 Å². The molecule has 2 saturated carbocycles. The van der Waals surface area contributed by atoms with Gasteiger partial charge in [0.1, 0.15) is 0 Å². The Labute approximate surface area is 98.9 Å². The molecule has 2 rings (SSSR count). The number of nitrogens with one attached hydrogen (secondary N) is 1. The number of nitrogens with zero attached hydrogens (tertiary/aromatic N) is 1. The van der Waals surface area contributed by atoms with E-state index in [1.807, 2.05) is 0 Å². The van der Waals surface area contributed by atoms with Gasteiger partial charge in [-0.1, -0.05) is 19.8 Å². The maximum absolute atomic E-state index is 7.35. The quantitative estimate of drug-likeness (QED) is 0.555. The normalized spacial score (nSPS) is 30.6. The van der Waals surface area contributed by atoms with E-state index in [4.69, 9.17) is 11.1 Å². The van der Waals surface area contributed by atoms with E-state index in [-0.39, 0.29) is 0 Å². The lowest BCUT2D eigenvalue weighted by Crippen LogP contribution is -2.41. The van der Waals surface area contributed by atoms with Gasteiger partial charge in [-0.25, -0.2) is 0 Å². The number of hydrogen-bond donors (Lipinski definition) is 2. The number of rotatable bonds is 5. The fraction of sp³-hybridized carbons (Fsp3) is 0.923. The molecule has 3 heteroatoms. The van der Waals surface area contributed by atoms with Crippen molar-refractivity contribution in [1.29, 1.82) is 5.41 Å². The van der Waals surface area contributed by atoms with Crippen LogP contribution in [-0.2, 0) is 0 Å². The molecule has 0 heterocycles. The number of nitrogens with two attached hydrogens (primary N) is 1. The number of amidine groups is 1. The van der Waals surface area contributed by atoms with Crippen molar-refractivity contribution < 1.29 is 0 Å². The fourth-order valence-corrected chi connectivity index (χ4v) is 3.02. The molecule has 0 radical (unpaired) electrons. The molecule has 2 aliphatic carbocycles. The summed E-state index contributed by atoms with van der Waals surface area (Å²) < 4.78 is 0. The second-order valence-corrected chi connectivity index (χ2v) is 5.67. The van der Waals surface area contributed by atoms with Gasteiger partial charge < -0.3 is 5.73 Å². The number of hydrogen-bond acceptors (Lipinski definition) is 2. The Kier molecular flexibility index (Phi) is 3.85. The molecular weight excluding hydrogens is 198 g/mol. The SMILES string of the molecule is CC1CCCC(N(CCC(=N)N)C2CC2)C1. The largest absolute Gasteiger partial charge is 0.388 e. The van der Waals surface area contributed by atoms with Crippen molar-refractivity contribution in [3.63, 3.8) is 0 Å². The van der Waals surface area contributed by atoms with Crippen molar-refractivity contribution in [2.75, 3.05) is 6.54 Å². The zero-order valence-electron chi connectivity index (χ0n) is 10.4. The molecule has 2 atom stereocenters. The van der Waals surface area contributed by atoms with Gasteiger partial charge in [0.25, 0.3) is 0 Å². The summed E-state index contributed by atoms with van der Waals surface area (Å²) in [4.78, 5) is 2.65. The molecule has 2 fully saturated rings. The molecule has 92 valence electrons. The third-order valence-electron chi connectivity index (χ3n) is 4.03. The van der Waals surface area contributed by atoms with Crippen LogP contribution in [0.1, 0.15) is 51.9 Å². The van der Waals surface area contributed by atoms with Crippen molar-refractivity contribution in [2.45, 2.75) is 64.0 Å². The van der Waals surface area contributed by atoms with Crippen molar-refractivity contribution in [3.05, 3.63) is 0 Å². The minimum absolute atomic E-state index is 0.342. The zero-order chi connectivity index (χ0) is 11.5. The highest BCUT2D eigenvalue weighted by Gasteiger charge is 2.35. The van der Waals surface area contributed by atoms with Crippen molar-refractivity contribution in [3.8, 4) is 0 Å². The topological polar surface area (TPSA) is 53.1 Å². The smallest absolute Gasteiger partial charge is 0.0918 e. The molecule has 16 heavy (non-hydrogen) atoms. The van der Waals surface area contributed by atoms with Gasteiger partial charge in [-0.15, -0.1) is 0 Å². The summed E-state index contributed by atoms with van der Waals surface area (Å²) in [7, 11) is 0. The van der Waals surface area contributed by atoms with Crippen LogP contribution in [0.15, 0.2) is 0 Å². The molecule has 0 saturated heterocycles. The minimum atomic E-state index is 0.342. The van der Waals surface area contributed by atoms with Gasteiger partial charge in [0.15, 0.2) is 0 Å².